The van der Waals surface area contributed by atoms with Gasteiger partial charge < -0.3 is 10.6 Å². The number of aromatic nitrogens is 1. The van der Waals surface area contributed by atoms with Crippen LogP contribution in [0.5, 0.6) is 0 Å². The molecular formula is C13H20ClN3O. The van der Waals surface area contributed by atoms with E-state index in [0.717, 1.165) is 6.54 Å². The number of carbonyl (C=O) groups excluding carboxylic acids is 1. The van der Waals surface area contributed by atoms with Gasteiger partial charge in [0.15, 0.2) is 0 Å². The van der Waals surface area contributed by atoms with Crippen LogP contribution in [0.4, 0.5) is 5.69 Å². The Labute approximate surface area is 114 Å². The number of anilines is 1. The lowest BCUT2D eigenvalue weighted by atomic mass is 10.1. The maximum atomic E-state index is 12.1. The molecule has 1 aliphatic rings. The van der Waals surface area contributed by atoms with Gasteiger partial charge in [0, 0.05) is 13.6 Å². The fourth-order valence-electron chi connectivity index (χ4n) is 2.39. The van der Waals surface area contributed by atoms with E-state index in [0.29, 0.717) is 17.3 Å². The molecule has 100 valence electrons. The Kier molecular flexibility index (Phi) is 5.41. The van der Waals surface area contributed by atoms with Crippen LogP contribution in [0.2, 0.25) is 0 Å². The van der Waals surface area contributed by atoms with Gasteiger partial charge in [-0.15, -0.1) is 12.4 Å². The largest absolute Gasteiger partial charge is 0.397 e. The van der Waals surface area contributed by atoms with E-state index in [2.05, 4.69) is 4.98 Å². The van der Waals surface area contributed by atoms with Crippen LogP contribution in [0.3, 0.4) is 0 Å². The first kappa shape index (κ1) is 14.8. The number of nitrogens with zero attached hydrogens (tertiary/aromatic N) is 2. The third kappa shape index (κ3) is 3.60. The number of rotatable bonds is 3. The van der Waals surface area contributed by atoms with Crippen LogP contribution < -0.4 is 5.73 Å². The molecular weight excluding hydrogens is 250 g/mol. The number of pyridine rings is 1. The number of nitrogens with two attached hydrogens (primary N) is 1. The SMILES string of the molecule is CN(CC1CCCC1)C(=O)c1ccc(N)cn1.Cl. The third-order valence-electron chi connectivity index (χ3n) is 3.36. The normalized spacial score (nSPS) is 15.2. The summed E-state index contributed by atoms with van der Waals surface area (Å²) in [5.41, 5.74) is 6.60. The molecule has 1 fully saturated rings. The highest BCUT2D eigenvalue weighted by Crippen LogP contribution is 2.25. The van der Waals surface area contributed by atoms with Crippen LogP contribution >= 0.6 is 12.4 Å². The van der Waals surface area contributed by atoms with Crippen molar-refractivity contribution in [1.82, 2.24) is 9.88 Å². The summed E-state index contributed by atoms with van der Waals surface area (Å²) in [5.74, 6) is 0.648. The smallest absolute Gasteiger partial charge is 0.272 e. The zero-order valence-electron chi connectivity index (χ0n) is 10.6. The van der Waals surface area contributed by atoms with Crippen LogP contribution in [0.15, 0.2) is 18.3 Å². The molecule has 0 saturated heterocycles. The molecule has 5 heteroatoms. The highest BCUT2D eigenvalue weighted by atomic mass is 35.5. The number of hydrogen-bond acceptors (Lipinski definition) is 3. The summed E-state index contributed by atoms with van der Waals surface area (Å²) in [4.78, 5) is 17.9. The lowest BCUT2D eigenvalue weighted by Crippen LogP contribution is -2.31. The van der Waals surface area contributed by atoms with Crippen molar-refractivity contribution in [1.29, 1.82) is 0 Å². The average Bonchev–Trinajstić information content (AvgIpc) is 2.82. The molecule has 0 unspecified atom stereocenters. The molecule has 0 aromatic carbocycles. The number of carbonyl (C=O) groups is 1. The van der Waals surface area contributed by atoms with Crippen LogP contribution in [0.25, 0.3) is 0 Å². The molecule has 0 atom stereocenters. The minimum Gasteiger partial charge on any atom is -0.397 e. The standard InChI is InChI=1S/C13H19N3O.ClH/c1-16(9-10-4-2-3-5-10)13(17)12-7-6-11(14)8-15-12;/h6-8,10H,2-5,9,14H2,1H3;1H. The molecule has 2 rings (SSSR count). The second-order valence-corrected chi connectivity index (χ2v) is 4.81. The van der Waals surface area contributed by atoms with E-state index in [4.69, 9.17) is 5.73 Å². The quantitative estimate of drug-likeness (QED) is 0.916. The summed E-state index contributed by atoms with van der Waals surface area (Å²) in [5, 5.41) is 0. The van der Waals surface area contributed by atoms with Gasteiger partial charge in [0.05, 0.1) is 11.9 Å². The van der Waals surface area contributed by atoms with Gasteiger partial charge >= 0.3 is 0 Å². The molecule has 0 bridgehead atoms. The van der Waals surface area contributed by atoms with E-state index in [9.17, 15) is 4.79 Å². The van der Waals surface area contributed by atoms with Gasteiger partial charge in [-0.25, -0.2) is 4.98 Å². The van der Waals surface area contributed by atoms with E-state index >= 15 is 0 Å². The van der Waals surface area contributed by atoms with Crippen LogP contribution in [0.1, 0.15) is 36.2 Å². The fourth-order valence-corrected chi connectivity index (χ4v) is 2.39. The first-order valence-corrected chi connectivity index (χ1v) is 6.14. The first-order valence-electron chi connectivity index (χ1n) is 6.14. The minimum atomic E-state index is -0.0168. The maximum Gasteiger partial charge on any atom is 0.272 e. The van der Waals surface area contributed by atoms with Crippen molar-refractivity contribution in [3.8, 4) is 0 Å². The van der Waals surface area contributed by atoms with E-state index in [1.54, 1.807) is 17.0 Å². The zero-order chi connectivity index (χ0) is 12.3. The van der Waals surface area contributed by atoms with Gasteiger partial charge in [0.1, 0.15) is 5.69 Å². The van der Waals surface area contributed by atoms with E-state index in [-0.39, 0.29) is 18.3 Å². The van der Waals surface area contributed by atoms with Crippen molar-refractivity contribution in [2.45, 2.75) is 25.7 Å². The Balaban J connectivity index is 0.00000162. The average molecular weight is 270 g/mol. The summed E-state index contributed by atoms with van der Waals surface area (Å²) in [7, 11) is 1.85. The molecule has 18 heavy (non-hydrogen) atoms. The first-order chi connectivity index (χ1) is 8.16. The van der Waals surface area contributed by atoms with Crippen LogP contribution in [-0.4, -0.2) is 29.4 Å². The van der Waals surface area contributed by atoms with E-state index < -0.39 is 0 Å². The monoisotopic (exact) mass is 269 g/mol. The van der Waals surface area contributed by atoms with Crippen molar-refractivity contribution in [3.05, 3.63) is 24.0 Å². The molecule has 4 nitrogen and oxygen atoms in total. The Hall–Kier alpha value is -1.29. The Morgan fingerprint density at radius 1 is 1.44 bits per heavy atom. The second kappa shape index (κ2) is 6.59. The molecule has 0 aliphatic heterocycles. The van der Waals surface area contributed by atoms with Crippen molar-refractivity contribution in [2.24, 2.45) is 5.92 Å². The van der Waals surface area contributed by atoms with Crippen molar-refractivity contribution < 1.29 is 4.79 Å². The second-order valence-electron chi connectivity index (χ2n) is 4.81. The molecule has 2 N–H and O–H groups in total. The molecule has 1 heterocycles. The fraction of sp³-hybridized carbons (Fsp3) is 0.538. The van der Waals surface area contributed by atoms with Gasteiger partial charge in [-0.2, -0.15) is 0 Å². The van der Waals surface area contributed by atoms with Crippen molar-refractivity contribution >= 4 is 24.0 Å². The number of hydrogen-bond donors (Lipinski definition) is 1. The molecule has 1 amide bonds. The van der Waals surface area contributed by atoms with Gasteiger partial charge in [-0.1, -0.05) is 12.8 Å². The zero-order valence-corrected chi connectivity index (χ0v) is 11.4. The van der Waals surface area contributed by atoms with Gasteiger partial charge in [0.2, 0.25) is 0 Å². The predicted octanol–water partition coefficient (Wildman–Crippen LogP) is 2.35. The van der Waals surface area contributed by atoms with Crippen molar-refractivity contribution in [2.75, 3.05) is 19.3 Å². The number of halogens is 1. The highest BCUT2D eigenvalue weighted by Gasteiger charge is 2.20. The minimum absolute atomic E-state index is 0. The Morgan fingerprint density at radius 3 is 2.67 bits per heavy atom. The highest BCUT2D eigenvalue weighted by molar-refractivity contribution is 5.92. The number of amides is 1. The van der Waals surface area contributed by atoms with Gasteiger partial charge in [-0.05, 0) is 30.9 Å². The predicted molar refractivity (Wildman–Crippen MR) is 74.8 cm³/mol. The lowest BCUT2D eigenvalue weighted by molar-refractivity contribution is 0.0767. The lowest BCUT2D eigenvalue weighted by Gasteiger charge is -2.20. The van der Waals surface area contributed by atoms with Gasteiger partial charge in [0.25, 0.3) is 5.91 Å². The van der Waals surface area contributed by atoms with E-state index in [1.807, 2.05) is 7.05 Å². The van der Waals surface area contributed by atoms with Crippen molar-refractivity contribution in [3.63, 3.8) is 0 Å². The Morgan fingerprint density at radius 2 is 2.11 bits per heavy atom. The molecule has 0 spiro atoms. The summed E-state index contributed by atoms with van der Waals surface area (Å²) in [6.07, 6.45) is 6.61. The molecule has 1 aromatic rings. The van der Waals surface area contributed by atoms with Crippen LogP contribution in [-0.2, 0) is 0 Å². The Bertz CT molecular complexity index is 388. The summed E-state index contributed by atoms with van der Waals surface area (Å²) < 4.78 is 0. The number of nitrogen functional groups attached to an aromatic ring is 1. The van der Waals surface area contributed by atoms with Gasteiger partial charge in [-0.3, -0.25) is 4.79 Å². The molecule has 1 aliphatic carbocycles. The topological polar surface area (TPSA) is 59.2 Å². The summed E-state index contributed by atoms with van der Waals surface area (Å²) >= 11 is 0. The van der Waals surface area contributed by atoms with Crippen LogP contribution in [0, 0.1) is 5.92 Å². The van der Waals surface area contributed by atoms with E-state index in [1.165, 1.54) is 31.9 Å². The molecule has 1 aromatic heterocycles. The maximum absolute atomic E-state index is 12.1. The molecule has 1 saturated carbocycles. The summed E-state index contributed by atoms with van der Waals surface area (Å²) in [6, 6.07) is 3.40. The summed E-state index contributed by atoms with van der Waals surface area (Å²) in [6.45, 7) is 0.838. The molecule has 0 radical (unpaired) electrons. The third-order valence-corrected chi connectivity index (χ3v) is 3.36.